The molecule has 0 aliphatic carbocycles. The van der Waals surface area contributed by atoms with Gasteiger partial charge >= 0.3 is 0 Å². The van der Waals surface area contributed by atoms with Crippen LogP contribution < -0.4 is 11.1 Å². The van der Waals surface area contributed by atoms with Crippen LogP contribution >= 0.6 is 0 Å². The summed E-state index contributed by atoms with van der Waals surface area (Å²) in [6.07, 6.45) is 1.44. The molecular weight excluding hydrogens is 320 g/mol. The minimum absolute atomic E-state index is 0.0816. The normalized spacial score (nSPS) is 10.8. The number of benzene rings is 1. The Hall–Kier alpha value is -3.36. The van der Waals surface area contributed by atoms with E-state index in [0.29, 0.717) is 5.65 Å². The van der Waals surface area contributed by atoms with Gasteiger partial charge in [-0.25, -0.2) is 18.3 Å². The van der Waals surface area contributed by atoms with Gasteiger partial charge in [-0.3, -0.25) is 9.59 Å². The van der Waals surface area contributed by atoms with Crippen LogP contribution in [0.2, 0.25) is 0 Å². The molecule has 2 heterocycles. The average Bonchev–Trinajstić information content (AvgIpc) is 2.87. The zero-order chi connectivity index (χ0) is 17.4. The molecule has 3 aromatic rings. The smallest absolute Gasteiger partial charge is 0.254 e. The molecule has 0 bridgehead atoms. The lowest BCUT2D eigenvalue weighted by Crippen LogP contribution is -2.16. The number of imidazole rings is 1. The maximum atomic E-state index is 14.4. The molecule has 9 heteroatoms. The molecule has 3 N–H and O–H groups in total. The van der Waals surface area contributed by atoms with Gasteiger partial charge in [0.1, 0.15) is 17.2 Å². The number of nitrogens with two attached hydrogens (primary N) is 1. The van der Waals surface area contributed by atoms with Crippen LogP contribution in [0, 0.1) is 11.6 Å². The fraction of sp³-hybridized carbons (Fsp3) is 0.0667. The fourth-order valence-corrected chi connectivity index (χ4v) is 2.24. The number of amides is 2. The largest absolute Gasteiger partial charge is 0.365 e. The van der Waals surface area contributed by atoms with Crippen LogP contribution in [-0.2, 0) is 4.79 Å². The first kappa shape index (κ1) is 15.5. The lowest BCUT2D eigenvalue weighted by molar-refractivity contribution is -0.114. The molecule has 0 atom stereocenters. The Bertz CT molecular complexity index is 983. The number of anilines is 1. The van der Waals surface area contributed by atoms with Crippen LogP contribution in [-0.4, -0.2) is 26.4 Å². The number of hydrogen-bond acceptors (Lipinski definition) is 4. The van der Waals surface area contributed by atoms with Crippen molar-refractivity contribution < 1.29 is 18.4 Å². The highest BCUT2D eigenvalue weighted by molar-refractivity contribution is 5.94. The maximum Gasteiger partial charge on any atom is 0.254 e. The zero-order valence-electron chi connectivity index (χ0n) is 12.4. The molecule has 0 radical (unpaired) electrons. The van der Waals surface area contributed by atoms with Gasteiger partial charge in [0.05, 0.1) is 11.9 Å². The van der Waals surface area contributed by atoms with Crippen LogP contribution in [0.15, 0.2) is 30.5 Å². The summed E-state index contributed by atoms with van der Waals surface area (Å²) in [5.74, 6) is -3.35. The van der Waals surface area contributed by atoms with Crippen molar-refractivity contribution in [3.8, 4) is 11.3 Å². The summed E-state index contributed by atoms with van der Waals surface area (Å²) in [6.45, 7) is 1.34. The van der Waals surface area contributed by atoms with Crippen molar-refractivity contribution in [2.75, 3.05) is 5.32 Å². The number of carbonyl (C=O) groups excluding carboxylic acids is 2. The van der Waals surface area contributed by atoms with Crippen molar-refractivity contribution in [1.82, 2.24) is 14.6 Å². The summed E-state index contributed by atoms with van der Waals surface area (Å²) < 4.78 is 29.3. The Labute approximate surface area is 134 Å². The minimum Gasteiger partial charge on any atom is -0.365 e. The number of nitrogens with zero attached hydrogens (tertiary/aromatic N) is 3. The SMILES string of the molecule is CC(=O)Nc1cn2nc(-c3ccc(F)c(C(N)=O)c3F)ccc2n1. The summed E-state index contributed by atoms with van der Waals surface area (Å²) in [6, 6.07) is 5.11. The maximum absolute atomic E-state index is 14.4. The molecule has 3 rings (SSSR count). The minimum atomic E-state index is -1.21. The van der Waals surface area contributed by atoms with Crippen molar-refractivity contribution in [1.29, 1.82) is 0 Å². The van der Waals surface area contributed by atoms with Gasteiger partial charge in [-0.2, -0.15) is 5.10 Å². The third-order valence-electron chi connectivity index (χ3n) is 3.24. The lowest BCUT2D eigenvalue weighted by atomic mass is 10.1. The van der Waals surface area contributed by atoms with E-state index < -0.39 is 23.1 Å². The highest BCUT2D eigenvalue weighted by atomic mass is 19.1. The summed E-state index contributed by atoms with van der Waals surface area (Å²) in [4.78, 5) is 26.4. The van der Waals surface area contributed by atoms with Gasteiger partial charge in [0.25, 0.3) is 5.91 Å². The van der Waals surface area contributed by atoms with Crippen molar-refractivity contribution >= 4 is 23.3 Å². The highest BCUT2D eigenvalue weighted by Gasteiger charge is 2.20. The molecule has 0 fully saturated rings. The van der Waals surface area contributed by atoms with E-state index in [1.807, 2.05) is 0 Å². The van der Waals surface area contributed by atoms with Gasteiger partial charge in [-0.05, 0) is 24.3 Å². The van der Waals surface area contributed by atoms with Crippen molar-refractivity contribution in [3.05, 3.63) is 47.7 Å². The first-order valence-electron chi connectivity index (χ1n) is 6.79. The van der Waals surface area contributed by atoms with E-state index in [9.17, 15) is 18.4 Å². The van der Waals surface area contributed by atoms with Gasteiger partial charge in [0, 0.05) is 12.5 Å². The van der Waals surface area contributed by atoms with Crippen LogP contribution in [0.5, 0.6) is 0 Å². The number of halogens is 2. The molecule has 7 nitrogen and oxygen atoms in total. The van der Waals surface area contributed by atoms with Gasteiger partial charge < -0.3 is 11.1 Å². The molecule has 2 aromatic heterocycles. The Balaban J connectivity index is 2.11. The van der Waals surface area contributed by atoms with Gasteiger partial charge in [0.2, 0.25) is 5.91 Å². The first-order chi connectivity index (χ1) is 11.4. The average molecular weight is 331 g/mol. The van der Waals surface area contributed by atoms with E-state index in [-0.39, 0.29) is 23.0 Å². The van der Waals surface area contributed by atoms with Crippen LogP contribution in [0.25, 0.3) is 16.9 Å². The topological polar surface area (TPSA) is 102 Å². The summed E-state index contributed by atoms with van der Waals surface area (Å²) in [5, 5.41) is 6.65. The third kappa shape index (κ3) is 2.67. The second-order valence-corrected chi connectivity index (χ2v) is 4.98. The summed E-state index contributed by atoms with van der Waals surface area (Å²) in [5.41, 5.74) is 4.67. The molecule has 2 amide bonds. The quantitative estimate of drug-likeness (QED) is 0.763. The predicted molar refractivity (Wildman–Crippen MR) is 81.2 cm³/mol. The third-order valence-corrected chi connectivity index (χ3v) is 3.24. The van der Waals surface area contributed by atoms with E-state index in [1.54, 1.807) is 6.07 Å². The van der Waals surface area contributed by atoms with E-state index >= 15 is 0 Å². The molecule has 0 spiro atoms. The van der Waals surface area contributed by atoms with E-state index in [4.69, 9.17) is 5.73 Å². The molecule has 1 aromatic carbocycles. The Kier molecular flexibility index (Phi) is 3.68. The number of aromatic nitrogens is 3. The second kappa shape index (κ2) is 5.69. The van der Waals surface area contributed by atoms with E-state index in [2.05, 4.69) is 15.4 Å². The Morgan fingerprint density at radius 3 is 2.62 bits per heavy atom. The number of primary amides is 1. The molecular formula is C15H11F2N5O2. The molecule has 0 aliphatic heterocycles. The molecule has 0 aliphatic rings. The number of hydrogen-bond donors (Lipinski definition) is 2. The number of fused-ring (bicyclic) bond motifs is 1. The highest BCUT2D eigenvalue weighted by Crippen LogP contribution is 2.25. The zero-order valence-corrected chi connectivity index (χ0v) is 12.4. The predicted octanol–water partition coefficient (Wildman–Crippen LogP) is 1.73. The van der Waals surface area contributed by atoms with Gasteiger partial charge in [0.15, 0.2) is 11.5 Å². The first-order valence-corrected chi connectivity index (χ1v) is 6.79. The molecule has 122 valence electrons. The number of nitrogens with one attached hydrogen (secondary N) is 1. The van der Waals surface area contributed by atoms with E-state index in [0.717, 1.165) is 12.1 Å². The lowest BCUT2D eigenvalue weighted by Gasteiger charge is -2.07. The van der Waals surface area contributed by atoms with Gasteiger partial charge in [-0.15, -0.1) is 0 Å². The van der Waals surface area contributed by atoms with Crippen LogP contribution in [0.3, 0.4) is 0 Å². The van der Waals surface area contributed by atoms with Crippen molar-refractivity contribution in [2.45, 2.75) is 6.92 Å². The van der Waals surface area contributed by atoms with Gasteiger partial charge in [-0.1, -0.05) is 0 Å². The van der Waals surface area contributed by atoms with Crippen molar-refractivity contribution in [3.63, 3.8) is 0 Å². The molecule has 24 heavy (non-hydrogen) atoms. The van der Waals surface area contributed by atoms with Crippen molar-refractivity contribution in [2.24, 2.45) is 5.73 Å². The van der Waals surface area contributed by atoms with Crippen LogP contribution in [0.4, 0.5) is 14.6 Å². The monoisotopic (exact) mass is 331 g/mol. The number of carbonyl (C=O) groups is 2. The number of rotatable bonds is 3. The summed E-state index contributed by atoms with van der Waals surface area (Å²) >= 11 is 0. The molecule has 0 unspecified atom stereocenters. The Morgan fingerprint density at radius 2 is 1.96 bits per heavy atom. The Morgan fingerprint density at radius 1 is 1.21 bits per heavy atom. The van der Waals surface area contributed by atoms with Crippen LogP contribution in [0.1, 0.15) is 17.3 Å². The second-order valence-electron chi connectivity index (χ2n) is 4.98. The standard InChI is InChI=1S/C15H11F2N5O2/c1-7(23)19-11-6-22-12(20-11)5-4-10(21-22)8-2-3-9(16)13(14(8)17)15(18)24/h2-6H,1H3,(H2,18,24)(H,19,23). The fourth-order valence-electron chi connectivity index (χ4n) is 2.24. The van der Waals surface area contributed by atoms with E-state index in [1.165, 1.54) is 23.7 Å². The molecule has 0 saturated heterocycles. The summed E-state index contributed by atoms with van der Waals surface area (Å²) in [7, 11) is 0. The molecule has 0 saturated carbocycles.